The molecule has 1 aliphatic rings. The van der Waals surface area contributed by atoms with E-state index in [1.807, 2.05) is 13.0 Å². The van der Waals surface area contributed by atoms with Crippen LogP contribution < -0.4 is 10.7 Å². The molecular weight excluding hydrogens is 433 g/mol. The third kappa shape index (κ3) is 4.29. The molecule has 3 aromatic rings. The van der Waals surface area contributed by atoms with Crippen molar-refractivity contribution < 1.29 is 18.4 Å². The maximum Gasteiger partial charge on any atom is 0.291 e. The monoisotopic (exact) mass is 453 g/mol. The lowest BCUT2D eigenvalue weighted by Gasteiger charge is -2.13. The summed E-state index contributed by atoms with van der Waals surface area (Å²) in [5.41, 5.74) is 5.73. The van der Waals surface area contributed by atoms with Crippen molar-refractivity contribution in [2.75, 3.05) is 5.32 Å². The van der Waals surface area contributed by atoms with Crippen molar-refractivity contribution in [1.29, 1.82) is 0 Å². The van der Waals surface area contributed by atoms with Gasteiger partial charge in [-0.1, -0.05) is 29.8 Å². The number of nitrogens with one attached hydrogen (secondary N) is 2. The van der Waals surface area contributed by atoms with E-state index in [0.717, 1.165) is 12.0 Å². The summed E-state index contributed by atoms with van der Waals surface area (Å²) in [6.45, 7) is 3.66. The van der Waals surface area contributed by atoms with Crippen molar-refractivity contribution in [2.45, 2.75) is 33.1 Å². The Kier molecular flexibility index (Phi) is 6.10. The SMILES string of the molecule is Cc1ccc(NC(=O)c2oc3c(c2C)/C(=N/NC(=O)c2ccccc2F)CCC3)cc1Cl. The Bertz CT molecular complexity index is 1250. The van der Waals surface area contributed by atoms with Crippen molar-refractivity contribution in [2.24, 2.45) is 5.10 Å². The van der Waals surface area contributed by atoms with Crippen LogP contribution in [0.5, 0.6) is 0 Å². The normalized spacial score (nSPS) is 14.2. The Morgan fingerprint density at radius 3 is 2.62 bits per heavy atom. The molecular formula is C24H21ClFN3O3. The van der Waals surface area contributed by atoms with Gasteiger partial charge in [0.25, 0.3) is 11.8 Å². The summed E-state index contributed by atoms with van der Waals surface area (Å²) in [5.74, 6) is -0.838. The van der Waals surface area contributed by atoms with E-state index in [2.05, 4.69) is 15.8 Å². The van der Waals surface area contributed by atoms with Crippen molar-refractivity contribution in [3.63, 3.8) is 0 Å². The summed E-state index contributed by atoms with van der Waals surface area (Å²) < 4.78 is 19.7. The number of halogens is 2. The number of amides is 2. The highest BCUT2D eigenvalue weighted by Crippen LogP contribution is 2.30. The highest BCUT2D eigenvalue weighted by atomic mass is 35.5. The minimum Gasteiger partial charge on any atom is -0.455 e. The van der Waals surface area contributed by atoms with Crippen LogP contribution in [-0.4, -0.2) is 17.5 Å². The number of hydrazone groups is 1. The molecule has 0 unspecified atom stereocenters. The number of carbonyl (C=O) groups is 2. The summed E-state index contributed by atoms with van der Waals surface area (Å²) in [7, 11) is 0. The molecule has 0 saturated carbocycles. The van der Waals surface area contributed by atoms with E-state index in [1.54, 1.807) is 25.1 Å². The van der Waals surface area contributed by atoms with Crippen LogP contribution in [-0.2, 0) is 6.42 Å². The van der Waals surface area contributed by atoms with Crippen LogP contribution in [0.3, 0.4) is 0 Å². The molecule has 4 rings (SSSR count). The molecule has 32 heavy (non-hydrogen) atoms. The minimum absolute atomic E-state index is 0.0892. The zero-order chi connectivity index (χ0) is 22.8. The Morgan fingerprint density at radius 1 is 1.09 bits per heavy atom. The van der Waals surface area contributed by atoms with Gasteiger partial charge in [-0.25, -0.2) is 9.82 Å². The van der Waals surface area contributed by atoms with Gasteiger partial charge in [-0.3, -0.25) is 9.59 Å². The third-order valence-corrected chi connectivity index (χ3v) is 5.78. The first-order chi connectivity index (χ1) is 15.3. The zero-order valence-corrected chi connectivity index (χ0v) is 18.3. The van der Waals surface area contributed by atoms with Crippen molar-refractivity contribution in [3.8, 4) is 0 Å². The molecule has 8 heteroatoms. The van der Waals surface area contributed by atoms with E-state index >= 15 is 0 Å². The fourth-order valence-corrected chi connectivity index (χ4v) is 3.86. The number of nitrogens with zero attached hydrogens (tertiary/aromatic N) is 1. The topological polar surface area (TPSA) is 83.7 Å². The molecule has 2 N–H and O–H groups in total. The third-order valence-electron chi connectivity index (χ3n) is 5.37. The summed E-state index contributed by atoms with van der Waals surface area (Å²) in [6.07, 6.45) is 2.00. The van der Waals surface area contributed by atoms with Crippen LogP contribution in [0.2, 0.25) is 5.02 Å². The average molecular weight is 454 g/mol. The standard InChI is InChI=1S/C24H21ClFN3O3/c1-13-10-11-15(12-17(13)25)27-24(31)22-14(2)21-19(8-5-9-20(21)32-22)28-29-23(30)16-6-3-4-7-18(16)26/h3-4,6-7,10-12H,5,8-9H2,1-2H3,(H,27,31)(H,29,30)/b28-19+. The molecule has 164 valence electrons. The van der Waals surface area contributed by atoms with E-state index in [-0.39, 0.29) is 11.3 Å². The van der Waals surface area contributed by atoms with Crippen LogP contribution >= 0.6 is 11.6 Å². The van der Waals surface area contributed by atoms with E-state index in [1.165, 1.54) is 18.2 Å². The second-order valence-electron chi connectivity index (χ2n) is 7.61. The van der Waals surface area contributed by atoms with Gasteiger partial charge in [-0.05, 0) is 56.5 Å². The number of hydrogen-bond donors (Lipinski definition) is 2. The highest BCUT2D eigenvalue weighted by Gasteiger charge is 2.28. The van der Waals surface area contributed by atoms with Crippen LogP contribution in [0.25, 0.3) is 0 Å². The number of carbonyl (C=O) groups excluding carboxylic acids is 2. The fraction of sp³-hybridized carbons (Fsp3) is 0.208. The lowest BCUT2D eigenvalue weighted by Crippen LogP contribution is -2.23. The van der Waals surface area contributed by atoms with Crippen molar-refractivity contribution >= 4 is 34.8 Å². The van der Waals surface area contributed by atoms with Gasteiger partial charge < -0.3 is 9.73 Å². The lowest BCUT2D eigenvalue weighted by atomic mass is 9.93. The number of furan rings is 1. The van der Waals surface area contributed by atoms with E-state index in [9.17, 15) is 14.0 Å². The largest absolute Gasteiger partial charge is 0.455 e. The molecule has 0 atom stereocenters. The van der Waals surface area contributed by atoms with Gasteiger partial charge >= 0.3 is 0 Å². The molecule has 0 saturated heterocycles. The second kappa shape index (κ2) is 8.96. The Hall–Kier alpha value is -3.45. The molecule has 1 aliphatic carbocycles. The van der Waals surface area contributed by atoms with Gasteiger partial charge in [0, 0.05) is 28.3 Å². The zero-order valence-electron chi connectivity index (χ0n) is 17.6. The average Bonchev–Trinajstić information content (AvgIpc) is 3.12. The number of fused-ring (bicyclic) bond motifs is 1. The molecule has 6 nitrogen and oxygen atoms in total. The van der Waals surface area contributed by atoms with Crippen LogP contribution in [0.4, 0.5) is 10.1 Å². The van der Waals surface area contributed by atoms with Gasteiger partial charge in [0.1, 0.15) is 11.6 Å². The highest BCUT2D eigenvalue weighted by molar-refractivity contribution is 6.31. The number of benzene rings is 2. The van der Waals surface area contributed by atoms with Gasteiger partial charge in [-0.15, -0.1) is 0 Å². The maximum absolute atomic E-state index is 13.8. The molecule has 0 aliphatic heterocycles. The smallest absolute Gasteiger partial charge is 0.291 e. The molecule has 0 radical (unpaired) electrons. The van der Waals surface area contributed by atoms with Crippen molar-refractivity contribution in [1.82, 2.24) is 5.43 Å². The Balaban J connectivity index is 1.57. The molecule has 2 amide bonds. The summed E-state index contributed by atoms with van der Waals surface area (Å²) in [5, 5.41) is 7.58. The molecule has 0 spiro atoms. The first kappa shape index (κ1) is 21.8. The first-order valence-corrected chi connectivity index (χ1v) is 10.5. The summed E-state index contributed by atoms with van der Waals surface area (Å²) >= 11 is 6.14. The van der Waals surface area contributed by atoms with E-state index in [4.69, 9.17) is 16.0 Å². The summed E-state index contributed by atoms with van der Waals surface area (Å²) in [4.78, 5) is 25.2. The van der Waals surface area contributed by atoms with Gasteiger partial charge in [0.15, 0.2) is 5.76 Å². The Labute approximate surface area is 189 Å². The van der Waals surface area contributed by atoms with Crippen LogP contribution in [0, 0.1) is 19.7 Å². The number of aryl methyl sites for hydroxylation is 2. The molecule has 1 aromatic heterocycles. The number of hydrogen-bond acceptors (Lipinski definition) is 4. The molecule has 2 aromatic carbocycles. The number of anilines is 1. The van der Waals surface area contributed by atoms with Gasteiger partial charge in [0.05, 0.1) is 11.3 Å². The van der Waals surface area contributed by atoms with E-state index < -0.39 is 17.6 Å². The maximum atomic E-state index is 13.8. The number of rotatable bonds is 4. The molecule has 0 fully saturated rings. The predicted octanol–water partition coefficient (Wildman–Crippen LogP) is 5.41. The van der Waals surface area contributed by atoms with Gasteiger partial charge in [-0.2, -0.15) is 5.10 Å². The predicted molar refractivity (Wildman–Crippen MR) is 121 cm³/mol. The molecule has 0 bridgehead atoms. The lowest BCUT2D eigenvalue weighted by molar-refractivity contribution is 0.0949. The molecule has 1 heterocycles. The van der Waals surface area contributed by atoms with Crippen LogP contribution in [0.15, 0.2) is 52.0 Å². The minimum atomic E-state index is -0.641. The second-order valence-corrected chi connectivity index (χ2v) is 8.01. The Morgan fingerprint density at radius 2 is 1.88 bits per heavy atom. The quantitative estimate of drug-likeness (QED) is 0.518. The van der Waals surface area contributed by atoms with Crippen LogP contribution in [0.1, 0.15) is 56.2 Å². The van der Waals surface area contributed by atoms with Gasteiger partial charge in [0.2, 0.25) is 0 Å². The van der Waals surface area contributed by atoms with E-state index in [0.29, 0.717) is 46.2 Å². The first-order valence-electron chi connectivity index (χ1n) is 10.2. The fourth-order valence-electron chi connectivity index (χ4n) is 3.68. The van der Waals surface area contributed by atoms with Crippen molar-refractivity contribution in [3.05, 3.63) is 87.1 Å². The summed E-state index contributed by atoms with van der Waals surface area (Å²) in [6, 6.07) is 11.0.